The number of nitrogens with two attached hydrogens (primary N) is 1. The molecule has 18 heavy (non-hydrogen) atoms. The maximum absolute atomic E-state index is 12.2. The van der Waals surface area contributed by atoms with Gasteiger partial charge in [-0.25, -0.2) is 0 Å². The SMILES string of the molecule is CC(C(=O)NC1CCCC1)N1CCNCC1CN. The standard InChI is InChI=1S/C13H26N4O/c1-10(13(18)16-11-4-2-3-5-11)17-7-6-15-9-12(17)8-14/h10-12,15H,2-9,14H2,1H3,(H,16,18). The lowest BCUT2D eigenvalue weighted by atomic mass is 10.1. The first-order valence-corrected chi connectivity index (χ1v) is 7.19. The zero-order chi connectivity index (χ0) is 13.0. The lowest BCUT2D eigenvalue weighted by molar-refractivity contribution is -0.127. The Kier molecular flexibility index (Phi) is 4.97. The summed E-state index contributed by atoms with van der Waals surface area (Å²) < 4.78 is 0. The Balaban J connectivity index is 1.87. The summed E-state index contributed by atoms with van der Waals surface area (Å²) in [5, 5.41) is 6.51. The minimum atomic E-state index is -0.0683. The summed E-state index contributed by atoms with van der Waals surface area (Å²) in [5.74, 6) is 0.169. The maximum Gasteiger partial charge on any atom is 0.237 e. The molecule has 1 aliphatic carbocycles. The predicted molar refractivity (Wildman–Crippen MR) is 72.3 cm³/mol. The highest BCUT2D eigenvalue weighted by Gasteiger charge is 2.30. The Morgan fingerprint density at radius 3 is 2.89 bits per heavy atom. The molecule has 2 rings (SSSR count). The Morgan fingerprint density at radius 1 is 1.50 bits per heavy atom. The van der Waals surface area contributed by atoms with Gasteiger partial charge in [0.15, 0.2) is 0 Å². The average Bonchev–Trinajstić information content (AvgIpc) is 2.90. The van der Waals surface area contributed by atoms with Crippen LogP contribution in [0, 0.1) is 0 Å². The van der Waals surface area contributed by atoms with E-state index in [0.717, 1.165) is 32.5 Å². The average molecular weight is 254 g/mol. The minimum Gasteiger partial charge on any atom is -0.352 e. The van der Waals surface area contributed by atoms with Crippen molar-refractivity contribution in [2.24, 2.45) is 5.73 Å². The Hall–Kier alpha value is -0.650. The number of hydrogen-bond donors (Lipinski definition) is 3. The van der Waals surface area contributed by atoms with Crippen molar-refractivity contribution in [1.29, 1.82) is 0 Å². The van der Waals surface area contributed by atoms with Gasteiger partial charge in [-0.1, -0.05) is 12.8 Å². The van der Waals surface area contributed by atoms with E-state index in [4.69, 9.17) is 5.73 Å². The van der Waals surface area contributed by atoms with Gasteiger partial charge < -0.3 is 16.4 Å². The van der Waals surface area contributed by atoms with Gasteiger partial charge in [0.2, 0.25) is 5.91 Å². The molecule has 1 heterocycles. The Labute approximate surface area is 109 Å². The fourth-order valence-corrected chi connectivity index (χ4v) is 3.05. The number of carbonyl (C=O) groups is 1. The predicted octanol–water partition coefficient (Wildman–Crippen LogP) is -0.334. The quantitative estimate of drug-likeness (QED) is 0.642. The third-order valence-corrected chi connectivity index (χ3v) is 4.25. The molecule has 0 spiro atoms. The van der Waals surface area contributed by atoms with Crippen LogP contribution in [0.2, 0.25) is 0 Å². The van der Waals surface area contributed by atoms with Gasteiger partial charge >= 0.3 is 0 Å². The summed E-state index contributed by atoms with van der Waals surface area (Å²) in [4.78, 5) is 14.5. The normalized spacial score (nSPS) is 28.2. The van der Waals surface area contributed by atoms with Crippen LogP contribution in [0.4, 0.5) is 0 Å². The molecule has 1 aliphatic heterocycles. The molecule has 0 aromatic heterocycles. The van der Waals surface area contributed by atoms with Gasteiger partial charge in [-0.05, 0) is 19.8 Å². The monoisotopic (exact) mass is 254 g/mol. The van der Waals surface area contributed by atoms with Crippen molar-refractivity contribution in [2.45, 2.75) is 50.7 Å². The van der Waals surface area contributed by atoms with Crippen LogP contribution in [0.1, 0.15) is 32.6 Å². The zero-order valence-corrected chi connectivity index (χ0v) is 11.3. The second-order valence-electron chi connectivity index (χ2n) is 5.50. The molecule has 0 aromatic carbocycles. The van der Waals surface area contributed by atoms with E-state index in [-0.39, 0.29) is 18.0 Å². The van der Waals surface area contributed by atoms with Gasteiger partial charge in [0, 0.05) is 38.3 Å². The smallest absolute Gasteiger partial charge is 0.237 e. The molecule has 2 fully saturated rings. The number of nitrogens with zero attached hydrogens (tertiary/aromatic N) is 1. The summed E-state index contributed by atoms with van der Waals surface area (Å²) >= 11 is 0. The Morgan fingerprint density at radius 2 is 2.22 bits per heavy atom. The van der Waals surface area contributed by atoms with Gasteiger partial charge in [-0.15, -0.1) is 0 Å². The van der Waals surface area contributed by atoms with Crippen LogP contribution < -0.4 is 16.4 Å². The van der Waals surface area contributed by atoms with E-state index in [1.807, 2.05) is 6.92 Å². The molecule has 104 valence electrons. The third kappa shape index (κ3) is 3.22. The van der Waals surface area contributed by atoms with Crippen LogP contribution >= 0.6 is 0 Å². The van der Waals surface area contributed by atoms with Gasteiger partial charge in [-0.3, -0.25) is 9.69 Å². The molecule has 0 radical (unpaired) electrons. The lowest BCUT2D eigenvalue weighted by Gasteiger charge is -2.39. The molecule has 4 N–H and O–H groups in total. The molecular formula is C13H26N4O. The fourth-order valence-electron chi connectivity index (χ4n) is 3.05. The zero-order valence-electron chi connectivity index (χ0n) is 11.3. The van der Waals surface area contributed by atoms with E-state index in [2.05, 4.69) is 15.5 Å². The van der Waals surface area contributed by atoms with Gasteiger partial charge in [-0.2, -0.15) is 0 Å². The number of rotatable bonds is 4. The molecule has 0 aromatic rings. The minimum absolute atomic E-state index is 0.0683. The van der Waals surface area contributed by atoms with Gasteiger partial charge in [0.25, 0.3) is 0 Å². The number of amides is 1. The molecule has 2 unspecified atom stereocenters. The van der Waals surface area contributed by atoms with E-state index in [0.29, 0.717) is 12.6 Å². The lowest BCUT2D eigenvalue weighted by Crippen LogP contribution is -2.60. The summed E-state index contributed by atoms with van der Waals surface area (Å²) in [6.07, 6.45) is 4.78. The summed E-state index contributed by atoms with van der Waals surface area (Å²) in [5.41, 5.74) is 5.78. The highest BCUT2D eigenvalue weighted by molar-refractivity contribution is 5.81. The topological polar surface area (TPSA) is 70.4 Å². The van der Waals surface area contributed by atoms with Crippen molar-refractivity contribution in [3.05, 3.63) is 0 Å². The number of hydrogen-bond acceptors (Lipinski definition) is 4. The molecule has 2 atom stereocenters. The molecule has 2 aliphatic rings. The molecule has 0 bridgehead atoms. The van der Waals surface area contributed by atoms with E-state index in [1.165, 1.54) is 12.8 Å². The molecular weight excluding hydrogens is 228 g/mol. The van der Waals surface area contributed by atoms with Crippen molar-refractivity contribution in [3.8, 4) is 0 Å². The first-order valence-electron chi connectivity index (χ1n) is 7.19. The largest absolute Gasteiger partial charge is 0.352 e. The first kappa shape index (κ1) is 13.8. The number of piperazine rings is 1. The van der Waals surface area contributed by atoms with E-state index in [9.17, 15) is 4.79 Å². The number of carbonyl (C=O) groups excluding carboxylic acids is 1. The van der Waals surface area contributed by atoms with Crippen molar-refractivity contribution >= 4 is 5.91 Å². The summed E-state index contributed by atoms with van der Waals surface area (Å²) in [6, 6.07) is 0.614. The van der Waals surface area contributed by atoms with E-state index >= 15 is 0 Å². The molecule has 1 saturated carbocycles. The fraction of sp³-hybridized carbons (Fsp3) is 0.923. The third-order valence-electron chi connectivity index (χ3n) is 4.25. The van der Waals surface area contributed by atoms with Crippen molar-refractivity contribution < 1.29 is 4.79 Å². The van der Waals surface area contributed by atoms with Crippen LogP contribution in [0.3, 0.4) is 0 Å². The maximum atomic E-state index is 12.2. The number of nitrogens with one attached hydrogen (secondary N) is 2. The molecule has 1 saturated heterocycles. The Bertz CT molecular complexity index is 278. The molecule has 1 amide bonds. The van der Waals surface area contributed by atoms with E-state index in [1.54, 1.807) is 0 Å². The van der Waals surface area contributed by atoms with Gasteiger partial charge in [0.1, 0.15) is 0 Å². The second kappa shape index (κ2) is 6.50. The van der Waals surface area contributed by atoms with Crippen LogP contribution in [0.5, 0.6) is 0 Å². The van der Waals surface area contributed by atoms with Crippen molar-refractivity contribution in [2.75, 3.05) is 26.2 Å². The molecule has 5 heteroatoms. The second-order valence-corrected chi connectivity index (χ2v) is 5.50. The highest BCUT2D eigenvalue weighted by Crippen LogP contribution is 2.18. The van der Waals surface area contributed by atoms with Crippen LogP contribution in [0.15, 0.2) is 0 Å². The first-order chi connectivity index (χ1) is 8.72. The summed E-state index contributed by atoms with van der Waals surface area (Å²) in [7, 11) is 0. The van der Waals surface area contributed by atoms with Crippen LogP contribution in [-0.4, -0.2) is 55.1 Å². The van der Waals surface area contributed by atoms with Crippen molar-refractivity contribution in [3.63, 3.8) is 0 Å². The highest BCUT2D eigenvalue weighted by atomic mass is 16.2. The van der Waals surface area contributed by atoms with Crippen LogP contribution in [-0.2, 0) is 4.79 Å². The van der Waals surface area contributed by atoms with Gasteiger partial charge in [0.05, 0.1) is 6.04 Å². The molecule has 5 nitrogen and oxygen atoms in total. The van der Waals surface area contributed by atoms with E-state index < -0.39 is 0 Å². The summed E-state index contributed by atoms with van der Waals surface area (Å²) in [6.45, 7) is 5.34. The van der Waals surface area contributed by atoms with Crippen LogP contribution in [0.25, 0.3) is 0 Å². The van der Waals surface area contributed by atoms with Crippen molar-refractivity contribution in [1.82, 2.24) is 15.5 Å².